The molecule has 0 atom stereocenters. The van der Waals surface area contributed by atoms with E-state index in [-0.39, 0.29) is 23.7 Å². The molecule has 170 valence electrons. The van der Waals surface area contributed by atoms with Gasteiger partial charge in [0, 0.05) is 19.6 Å². The van der Waals surface area contributed by atoms with Crippen molar-refractivity contribution < 1.29 is 23.6 Å². The van der Waals surface area contributed by atoms with Gasteiger partial charge in [0.25, 0.3) is 0 Å². The first kappa shape index (κ1) is 23.6. The van der Waals surface area contributed by atoms with Crippen LogP contribution in [0.25, 0.3) is 0 Å². The fourth-order valence-corrected chi connectivity index (χ4v) is 3.59. The Kier molecular flexibility index (Phi) is 6.19. The third-order valence-corrected chi connectivity index (χ3v) is 6.22. The molecule has 2 amide bonds. The quantitative estimate of drug-likeness (QED) is 0.690. The molecule has 2 heterocycles. The van der Waals surface area contributed by atoms with Gasteiger partial charge < -0.3 is 18.9 Å². The molecule has 2 fully saturated rings. The van der Waals surface area contributed by atoms with E-state index in [2.05, 4.69) is 6.07 Å². The van der Waals surface area contributed by atoms with Crippen molar-refractivity contribution in [2.75, 3.05) is 19.6 Å². The number of hydrogen-bond donors (Lipinski definition) is 0. The summed E-state index contributed by atoms with van der Waals surface area (Å²) in [5.74, 6) is -0.0773. The Hall–Kier alpha value is -2.06. The van der Waals surface area contributed by atoms with Gasteiger partial charge in [-0.15, -0.1) is 0 Å². The molecule has 7 nitrogen and oxygen atoms in total. The number of rotatable bonds is 3. The van der Waals surface area contributed by atoms with Crippen LogP contribution in [0.15, 0.2) is 18.2 Å². The van der Waals surface area contributed by atoms with Gasteiger partial charge in [-0.05, 0) is 72.0 Å². The molecule has 0 N–H and O–H groups in total. The first-order valence-corrected chi connectivity index (χ1v) is 10.9. The topological polar surface area (TPSA) is 68.3 Å². The Bertz CT molecular complexity index is 846. The minimum absolute atomic E-state index is 0.0416. The van der Waals surface area contributed by atoms with E-state index in [1.54, 1.807) is 4.90 Å². The van der Waals surface area contributed by atoms with Crippen LogP contribution < -0.4 is 5.46 Å². The summed E-state index contributed by atoms with van der Waals surface area (Å²) in [5, 5.41) is 0. The Morgan fingerprint density at radius 3 is 2.26 bits per heavy atom. The highest BCUT2D eigenvalue weighted by atomic mass is 16.7. The van der Waals surface area contributed by atoms with Gasteiger partial charge in [-0.25, -0.2) is 4.79 Å². The van der Waals surface area contributed by atoms with E-state index in [4.69, 9.17) is 14.0 Å². The lowest BCUT2D eigenvalue weighted by Gasteiger charge is -2.35. The normalized spacial score (nSPS) is 20.9. The fourth-order valence-electron chi connectivity index (χ4n) is 3.59. The Morgan fingerprint density at radius 2 is 1.74 bits per heavy atom. The molecule has 3 rings (SSSR count). The first-order chi connectivity index (χ1) is 14.2. The van der Waals surface area contributed by atoms with Crippen molar-refractivity contribution in [3.05, 3.63) is 29.3 Å². The summed E-state index contributed by atoms with van der Waals surface area (Å²) in [6.45, 7) is 17.1. The van der Waals surface area contributed by atoms with Gasteiger partial charge in [0.2, 0.25) is 5.91 Å². The maximum Gasteiger partial charge on any atom is 0.494 e. The fraction of sp³-hybridized carbons (Fsp3) is 0.652. The highest BCUT2D eigenvalue weighted by molar-refractivity contribution is 6.62. The van der Waals surface area contributed by atoms with Crippen LogP contribution in [0.3, 0.4) is 0 Å². The summed E-state index contributed by atoms with van der Waals surface area (Å²) in [7, 11) is -0.406. The highest BCUT2D eigenvalue weighted by Crippen LogP contribution is 2.36. The summed E-state index contributed by atoms with van der Waals surface area (Å²) in [5.41, 5.74) is 1.78. The molecule has 2 aliphatic rings. The van der Waals surface area contributed by atoms with Crippen LogP contribution in [0, 0.1) is 6.92 Å². The molecular weight excluding hydrogens is 395 g/mol. The van der Waals surface area contributed by atoms with Crippen molar-refractivity contribution in [1.29, 1.82) is 0 Å². The Labute approximate surface area is 186 Å². The summed E-state index contributed by atoms with van der Waals surface area (Å²) < 4.78 is 17.7. The zero-order valence-corrected chi connectivity index (χ0v) is 20.1. The summed E-state index contributed by atoms with van der Waals surface area (Å²) in [6, 6.07) is 6.11. The lowest BCUT2D eigenvalue weighted by molar-refractivity contribution is -0.136. The maximum atomic E-state index is 12.6. The van der Waals surface area contributed by atoms with Crippen LogP contribution in [0.1, 0.15) is 59.6 Å². The lowest BCUT2D eigenvalue weighted by atomic mass is 9.78. The molecule has 0 saturated carbocycles. The third-order valence-electron chi connectivity index (χ3n) is 6.22. The molecule has 0 radical (unpaired) electrons. The van der Waals surface area contributed by atoms with Crippen molar-refractivity contribution in [2.24, 2.45) is 0 Å². The zero-order chi connectivity index (χ0) is 23.2. The molecule has 1 aromatic rings. The summed E-state index contributed by atoms with van der Waals surface area (Å²) in [6.07, 6.45) is -0.441. The van der Waals surface area contributed by atoms with Crippen LogP contribution in [0.2, 0.25) is 0 Å². The molecule has 8 heteroatoms. The zero-order valence-electron chi connectivity index (χ0n) is 20.1. The van der Waals surface area contributed by atoms with Gasteiger partial charge in [-0.2, -0.15) is 0 Å². The summed E-state index contributed by atoms with van der Waals surface area (Å²) in [4.78, 5) is 28.1. The van der Waals surface area contributed by atoms with Gasteiger partial charge >= 0.3 is 13.2 Å². The van der Waals surface area contributed by atoms with Gasteiger partial charge in [0.1, 0.15) is 12.1 Å². The molecule has 2 aliphatic heterocycles. The van der Waals surface area contributed by atoms with Gasteiger partial charge in [0.05, 0.1) is 11.2 Å². The molecular formula is C23H35BN2O5. The predicted molar refractivity (Wildman–Crippen MR) is 120 cm³/mol. The second-order valence-electron chi connectivity index (χ2n) is 10.5. The van der Waals surface area contributed by atoms with Crippen molar-refractivity contribution >= 4 is 24.6 Å². The number of carbonyl (C=O) groups is 2. The molecule has 1 aromatic carbocycles. The SMILES string of the molecule is Cc1cc(B2OC(C)(C)C(C)(C)O2)ccc1CN1CCN(C(=O)OC(C)(C)C)CC1=O. The van der Waals surface area contributed by atoms with Crippen molar-refractivity contribution in [2.45, 2.75) is 78.7 Å². The average molecular weight is 430 g/mol. The minimum atomic E-state index is -0.576. The van der Waals surface area contributed by atoms with E-state index in [0.29, 0.717) is 19.6 Å². The number of piperazine rings is 1. The molecule has 0 bridgehead atoms. The van der Waals surface area contributed by atoms with E-state index in [9.17, 15) is 9.59 Å². The minimum Gasteiger partial charge on any atom is -0.444 e. The second-order valence-corrected chi connectivity index (χ2v) is 10.5. The number of nitrogens with zero attached hydrogens (tertiary/aromatic N) is 2. The monoisotopic (exact) mass is 430 g/mol. The van der Waals surface area contributed by atoms with Gasteiger partial charge in [-0.3, -0.25) is 9.69 Å². The molecule has 0 aromatic heterocycles. The Morgan fingerprint density at radius 1 is 1.13 bits per heavy atom. The smallest absolute Gasteiger partial charge is 0.444 e. The largest absolute Gasteiger partial charge is 0.494 e. The summed E-state index contributed by atoms with van der Waals surface area (Å²) >= 11 is 0. The van der Waals surface area contributed by atoms with E-state index in [1.807, 2.05) is 67.5 Å². The third kappa shape index (κ3) is 5.23. The van der Waals surface area contributed by atoms with Crippen molar-refractivity contribution in [1.82, 2.24) is 9.80 Å². The van der Waals surface area contributed by atoms with Crippen LogP contribution in [-0.4, -0.2) is 65.4 Å². The van der Waals surface area contributed by atoms with Crippen molar-refractivity contribution in [3.63, 3.8) is 0 Å². The molecule has 0 spiro atoms. The van der Waals surface area contributed by atoms with Crippen LogP contribution in [0.4, 0.5) is 4.79 Å². The van der Waals surface area contributed by atoms with E-state index < -0.39 is 18.8 Å². The van der Waals surface area contributed by atoms with Gasteiger partial charge in [-0.1, -0.05) is 18.2 Å². The number of ether oxygens (including phenoxy) is 1. The van der Waals surface area contributed by atoms with Crippen LogP contribution in [-0.2, 0) is 25.4 Å². The number of benzene rings is 1. The lowest BCUT2D eigenvalue weighted by Crippen LogP contribution is -2.52. The first-order valence-electron chi connectivity index (χ1n) is 10.9. The number of carbonyl (C=O) groups excluding carboxylic acids is 2. The van der Waals surface area contributed by atoms with E-state index in [0.717, 1.165) is 16.6 Å². The van der Waals surface area contributed by atoms with Gasteiger partial charge in [0.15, 0.2) is 0 Å². The number of aryl methyl sites for hydroxylation is 1. The Balaban J connectivity index is 1.63. The van der Waals surface area contributed by atoms with Crippen LogP contribution in [0.5, 0.6) is 0 Å². The van der Waals surface area contributed by atoms with Crippen LogP contribution >= 0.6 is 0 Å². The number of hydrogen-bond acceptors (Lipinski definition) is 5. The molecule has 0 aliphatic carbocycles. The molecule has 31 heavy (non-hydrogen) atoms. The maximum absolute atomic E-state index is 12.6. The van der Waals surface area contributed by atoms with Crippen molar-refractivity contribution in [3.8, 4) is 0 Å². The van der Waals surface area contributed by atoms with E-state index in [1.165, 1.54) is 4.90 Å². The molecule has 2 saturated heterocycles. The average Bonchev–Trinajstić information content (AvgIpc) is 2.84. The predicted octanol–water partition coefficient (Wildman–Crippen LogP) is 2.87. The second kappa shape index (κ2) is 8.13. The standard InChI is InChI=1S/C23H35BN2O5/c1-16-13-18(24-30-22(5,6)23(7,8)31-24)10-9-17(16)14-25-11-12-26(15-19(25)27)20(28)29-21(2,3)4/h9-10,13H,11-12,14-15H2,1-8H3. The number of amides is 2. The highest BCUT2D eigenvalue weighted by Gasteiger charge is 2.51. The van der Waals surface area contributed by atoms with E-state index >= 15 is 0 Å². The molecule has 0 unspecified atom stereocenters.